The Kier molecular flexibility index (Phi) is 7.16. The zero-order valence-corrected chi connectivity index (χ0v) is 9.31. The average molecular weight is 244 g/mol. The van der Waals surface area contributed by atoms with Gasteiger partial charge in [0, 0.05) is 13.0 Å². The molecule has 1 atom stereocenters. The Labute approximate surface area is 98.5 Å². The van der Waals surface area contributed by atoms with E-state index in [1.807, 2.05) is 0 Å². The number of urea groups is 1. The molecule has 0 bridgehead atoms. The van der Waals surface area contributed by atoms with Crippen molar-refractivity contribution < 1.29 is 24.6 Å². The third-order valence-corrected chi connectivity index (χ3v) is 1.88. The molecule has 0 aromatic carbocycles. The van der Waals surface area contributed by atoms with Gasteiger partial charge in [-0.15, -0.1) is 6.58 Å². The van der Waals surface area contributed by atoms with E-state index in [2.05, 4.69) is 17.2 Å². The molecule has 0 aromatic heterocycles. The zero-order valence-electron chi connectivity index (χ0n) is 9.31. The molecule has 0 fully saturated rings. The fourth-order valence-electron chi connectivity index (χ4n) is 1.02. The molecule has 0 aliphatic carbocycles. The molecule has 0 radical (unpaired) electrons. The van der Waals surface area contributed by atoms with Gasteiger partial charge in [-0.25, -0.2) is 9.59 Å². The van der Waals surface area contributed by atoms with Gasteiger partial charge < -0.3 is 20.8 Å². The first kappa shape index (κ1) is 14.9. The second-order valence-electron chi connectivity index (χ2n) is 3.30. The summed E-state index contributed by atoms with van der Waals surface area (Å²) in [6.07, 6.45) is 1.71. The van der Waals surface area contributed by atoms with Crippen molar-refractivity contribution in [1.29, 1.82) is 0 Å². The molecule has 0 aliphatic heterocycles. The van der Waals surface area contributed by atoms with E-state index in [9.17, 15) is 14.4 Å². The highest BCUT2D eigenvalue weighted by Crippen LogP contribution is 1.97. The quantitative estimate of drug-likeness (QED) is 0.359. The van der Waals surface area contributed by atoms with Crippen molar-refractivity contribution in [3.05, 3.63) is 12.7 Å². The minimum atomic E-state index is -1.26. The second kappa shape index (κ2) is 8.14. The van der Waals surface area contributed by atoms with Gasteiger partial charge in [0.25, 0.3) is 0 Å². The van der Waals surface area contributed by atoms with Gasteiger partial charge in [-0.1, -0.05) is 6.08 Å². The summed E-state index contributed by atoms with van der Waals surface area (Å²) in [4.78, 5) is 32.2. The van der Waals surface area contributed by atoms with E-state index in [4.69, 9.17) is 10.2 Å². The van der Waals surface area contributed by atoms with Gasteiger partial charge in [0.05, 0.1) is 0 Å². The van der Waals surface area contributed by atoms with Gasteiger partial charge in [-0.3, -0.25) is 4.79 Å². The summed E-state index contributed by atoms with van der Waals surface area (Å²) in [5, 5.41) is 21.8. The maximum absolute atomic E-state index is 11.2. The number of aliphatic carboxylic acids is 2. The molecule has 0 saturated carbocycles. The summed E-state index contributed by atoms with van der Waals surface area (Å²) in [5.41, 5.74) is 0. The van der Waals surface area contributed by atoms with Crippen molar-refractivity contribution in [3.63, 3.8) is 0 Å². The van der Waals surface area contributed by atoms with Crippen LogP contribution in [0.5, 0.6) is 0 Å². The Balaban J connectivity index is 4.06. The van der Waals surface area contributed by atoms with Crippen molar-refractivity contribution in [2.45, 2.75) is 25.3 Å². The molecule has 0 spiro atoms. The molecule has 4 N–H and O–H groups in total. The zero-order chi connectivity index (χ0) is 13.3. The van der Waals surface area contributed by atoms with Gasteiger partial charge in [-0.05, 0) is 12.8 Å². The summed E-state index contributed by atoms with van der Waals surface area (Å²) in [6, 6.07) is -1.83. The lowest BCUT2D eigenvalue weighted by Crippen LogP contribution is -2.46. The van der Waals surface area contributed by atoms with Crippen LogP contribution >= 0.6 is 0 Å². The molecule has 0 aliphatic rings. The summed E-state index contributed by atoms with van der Waals surface area (Å²) < 4.78 is 0. The van der Waals surface area contributed by atoms with E-state index in [0.717, 1.165) is 0 Å². The van der Waals surface area contributed by atoms with Gasteiger partial charge in [-0.2, -0.15) is 0 Å². The van der Waals surface area contributed by atoms with Gasteiger partial charge in [0.2, 0.25) is 0 Å². The Bertz CT molecular complexity index is 303. The minimum absolute atomic E-state index is 0.153. The van der Waals surface area contributed by atoms with Crippen LogP contribution in [0.4, 0.5) is 4.79 Å². The van der Waals surface area contributed by atoms with Crippen molar-refractivity contribution in [3.8, 4) is 0 Å². The van der Waals surface area contributed by atoms with E-state index in [1.165, 1.54) is 0 Å². The van der Waals surface area contributed by atoms with Gasteiger partial charge in [0.15, 0.2) is 0 Å². The minimum Gasteiger partial charge on any atom is -0.481 e. The summed E-state index contributed by atoms with van der Waals surface area (Å²) >= 11 is 0. The van der Waals surface area contributed by atoms with Crippen molar-refractivity contribution in [2.24, 2.45) is 0 Å². The van der Waals surface area contributed by atoms with E-state index in [1.54, 1.807) is 6.08 Å². The fourth-order valence-corrected chi connectivity index (χ4v) is 1.02. The van der Waals surface area contributed by atoms with Crippen LogP contribution in [-0.4, -0.2) is 40.8 Å². The number of rotatable bonds is 8. The fraction of sp³-hybridized carbons (Fsp3) is 0.500. The van der Waals surface area contributed by atoms with Crippen molar-refractivity contribution >= 4 is 18.0 Å². The number of carboxylic acids is 2. The molecular weight excluding hydrogens is 228 g/mol. The summed E-state index contributed by atoms with van der Waals surface area (Å²) in [5.74, 6) is -2.37. The molecular formula is C10H16N2O5. The maximum atomic E-state index is 11.2. The van der Waals surface area contributed by atoms with Gasteiger partial charge >= 0.3 is 18.0 Å². The Hall–Kier alpha value is -2.05. The molecule has 0 heterocycles. The van der Waals surface area contributed by atoms with Crippen LogP contribution in [0.1, 0.15) is 19.3 Å². The normalized spacial score (nSPS) is 11.3. The predicted octanol–water partition coefficient (Wildman–Crippen LogP) is 0.180. The van der Waals surface area contributed by atoms with Crippen molar-refractivity contribution in [1.82, 2.24) is 10.6 Å². The lowest BCUT2D eigenvalue weighted by Gasteiger charge is -2.13. The van der Waals surface area contributed by atoms with E-state index < -0.39 is 24.0 Å². The highest BCUT2D eigenvalue weighted by molar-refractivity contribution is 5.82. The first-order chi connectivity index (χ1) is 7.97. The number of carboxylic acid groups (broad SMARTS) is 2. The molecule has 7 nitrogen and oxygen atoms in total. The SMILES string of the molecule is C=CCCNC(=O)NC(CCC(=O)O)C(=O)O. The highest BCUT2D eigenvalue weighted by Gasteiger charge is 2.20. The Morgan fingerprint density at radius 3 is 2.41 bits per heavy atom. The molecule has 1 unspecified atom stereocenters. The molecule has 0 saturated heterocycles. The Morgan fingerprint density at radius 1 is 1.29 bits per heavy atom. The van der Waals surface area contributed by atoms with Crippen LogP contribution in [-0.2, 0) is 9.59 Å². The van der Waals surface area contributed by atoms with E-state index >= 15 is 0 Å². The second-order valence-corrected chi connectivity index (χ2v) is 3.30. The number of amides is 2. The topological polar surface area (TPSA) is 116 Å². The van der Waals surface area contributed by atoms with Gasteiger partial charge in [0.1, 0.15) is 6.04 Å². The number of carbonyl (C=O) groups is 3. The lowest BCUT2D eigenvalue weighted by atomic mass is 10.1. The van der Waals surface area contributed by atoms with Crippen LogP contribution in [0.3, 0.4) is 0 Å². The molecule has 7 heteroatoms. The largest absolute Gasteiger partial charge is 0.481 e. The average Bonchev–Trinajstić information content (AvgIpc) is 2.23. The van der Waals surface area contributed by atoms with Crippen LogP contribution in [0.15, 0.2) is 12.7 Å². The number of hydrogen-bond acceptors (Lipinski definition) is 3. The highest BCUT2D eigenvalue weighted by atomic mass is 16.4. The third kappa shape index (κ3) is 7.83. The van der Waals surface area contributed by atoms with Crippen LogP contribution in [0.2, 0.25) is 0 Å². The first-order valence-corrected chi connectivity index (χ1v) is 5.07. The van der Waals surface area contributed by atoms with Crippen LogP contribution in [0.25, 0.3) is 0 Å². The number of nitrogens with one attached hydrogen (secondary N) is 2. The lowest BCUT2D eigenvalue weighted by molar-refractivity contribution is -0.140. The first-order valence-electron chi connectivity index (χ1n) is 5.07. The summed E-state index contributed by atoms with van der Waals surface area (Å²) in [7, 11) is 0. The third-order valence-electron chi connectivity index (χ3n) is 1.88. The molecule has 0 aromatic rings. The molecule has 96 valence electrons. The summed E-state index contributed by atoms with van der Waals surface area (Å²) in [6.45, 7) is 3.81. The standard InChI is InChI=1S/C10H16N2O5/c1-2-3-6-11-10(17)12-7(9(15)16)4-5-8(13)14/h2,7H,1,3-6H2,(H,13,14)(H,15,16)(H2,11,12,17). The molecule has 17 heavy (non-hydrogen) atoms. The molecule has 0 rings (SSSR count). The Morgan fingerprint density at radius 2 is 1.94 bits per heavy atom. The number of hydrogen-bond donors (Lipinski definition) is 4. The predicted molar refractivity (Wildman–Crippen MR) is 59.6 cm³/mol. The molecule has 2 amide bonds. The van der Waals surface area contributed by atoms with E-state index in [0.29, 0.717) is 13.0 Å². The van der Waals surface area contributed by atoms with Crippen LogP contribution in [0, 0.1) is 0 Å². The van der Waals surface area contributed by atoms with E-state index in [-0.39, 0.29) is 12.8 Å². The smallest absolute Gasteiger partial charge is 0.326 e. The monoisotopic (exact) mass is 244 g/mol. The number of carbonyl (C=O) groups excluding carboxylic acids is 1. The van der Waals surface area contributed by atoms with Crippen molar-refractivity contribution in [2.75, 3.05) is 6.54 Å². The maximum Gasteiger partial charge on any atom is 0.326 e. The van der Waals surface area contributed by atoms with Crippen LogP contribution < -0.4 is 10.6 Å².